The van der Waals surface area contributed by atoms with Crippen LogP contribution in [-0.2, 0) is 33.3 Å². The van der Waals surface area contributed by atoms with Crippen LogP contribution in [0.25, 0.3) is 0 Å². The summed E-state index contributed by atoms with van der Waals surface area (Å²) in [6, 6.07) is 9.75. The predicted octanol–water partition coefficient (Wildman–Crippen LogP) is 2.63. The van der Waals surface area contributed by atoms with Gasteiger partial charge in [-0.15, -0.1) is 11.8 Å². The Bertz CT molecular complexity index is 723. The van der Waals surface area contributed by atoms with Crippen molar-refractivity contribution in [3.05, 3.63) is 35.9 Å². The maximum absolute atomic E-state index is 11.6. The quantitative estimate of drug-likeness (QED) is 0.171. The molecule has 0 fully saturated rings. The standard InChI is InChI=1S/C21H29NO7S/c1-14(28-16(3)24)20(29-17(4)25)19(13-27-15(2)23)26-12-11-22-21(30-5)18-9-7-6-8-10-18/h6-10,14,19-20H,11-13H2,1-5H3/b22-21-/t14-,19-,20+/m1/s1. The second-order valence-electron chi connectivity index (χ2n) is 6.36. The summed E-state index contributed by atoms with van der Waals surface area (Å²) < 4.78 is 21.3. The monoisotopic (exact) mass is 439 g/mol. The number of ether oxygens (including phenoxy) is 4. The predicted molar refractivity (Wildman–Crippen MR) is 115 cm³/mol. The zero-order chi connectivity index (χ0) is 22.5. The second kappa shape index (κ2) is 13.8. The highest BCUT2D eigenvalue weighted by Crippen LogP contribution is 2.15. The first-order valence-corrected chi connectivity index (χ1v) is 10.7. The molecular weight excluding hydrogens is 410 g/mol. The van der Waals surface area contributed by atoms with Crippen LogP contribution < -0.4 is 0 Å². The van der Waals surface area contributed by atoms with Crippen molar-refractivity contribution in [3.8, 4) is 0 Å². The molecule has 0 aromatic heterocycles. The van der Waals surface area contributed by atoms with Crippen LogP contribution in [0.3, 0.4) is 0 Å². The Labute approximate surface area is 181 Å². The molecule has 9 heteroatoms. The number of nitrogens with zero attached hydrogens (tertiary/aromatic N) is 1. The smallest absolute Gasteiger partial charge is 0.303 e. The fraction of sp³-hybridized carbons (Fsp3) is 0.524. The SMILES string of the molecule is CS/C(=N\CCO[C@H](COC(C)=O)[C@@H](OC(C)=O)[C@@H](C)OC(C)=O)c1ccccc1. The summed E-state index contributed by atoms with van der Waals surface area (Å²) >= 11 is 1.52. The molecule has 0 aliphatic heterocycles. The van der Waals surface area contributed by atoms with Gasteiger partial charge in [0.1, 0.15) is 18.8 Å². The van der Waals surface area contributed by atoms with Gasteiger partial charge in [-0.3, -0.25) is 19.4 Å². The Kier molecular flexibility index (Phi) is 11.8. The van der Waals surface area contributed by atoms with Crippen molar-refractivity contribution < 1.29 is 33.3 Å². The van der Waals surface area contributed by atoms with E-state index in [1.165, 1.54) is 32.5 Å². The van der Waals surface area contributed by atoms with Crippen molar-refractivity contribution >= 4 is 34.7 Å². The van der Waals surface area contributed by atoms with Gasteiger partial charge in [0.25, 0.3) is 0 Å². The largest absolute Gasteiger partial charge is 0.463 e. The minimum Gasteiger partial charge on any atom is -0.463 e. The molecular formula is C21H29NO7S. The van der Waals surface area contributed by atoms with Gasteiger partial charge >= 0.3 is 17.9 Å². The van der Waals surface area contributed by atoms with Gasteiger partial charge in [-0.1, -0.05) is 30.3 Å². The van der Waals surface area contributed by atoms with Crippen molar-refractivity contribution in [2.45, 2.75) is 46.0 Å². The lowest BCUT2D eigenvalue weighted by Crippen LogP contribution is -2.45. The van der Waals surface area contributed by atoms with Crippen LogP contribution in [0.1, 0.15) is 33.3 Å². The van der Waals surface area contributed by atoms with Crippen molar-refractivity contribution in [1.29, 1.82) is 0 Å². The van der Waals surface area contributed by atoms with Crippen molar-refractivity contribution in [1.82, 2.24) is 0 Å². The Morgan fingerprint density at radius 1 is 1.00 bits per heavy atom. The molecule has 166 valence electrons. The molecule has 0 saturated heterocycles. The Balaban J connectivity index is 2.86. The molecule has 3 atom stereocenters. The average Bonchev–Trinajstić information content (AvgIpc) is 2.68. The summed E-state index contributed by atoms with van der Waals surface area (Å²) in [7, 11) is 0. The highest BCUT2D eigenvalue weighted by molar-refractivity contribution is 8.13. The zero-order valence-corrected chi connectivity index (χ0v) is 18.8. The normalized spacial score (nSPS) is 14.4. The molecule has 1 aromatic carbocycles. The lowest BCUT2D eigenvalue weighted by atomic mass is 10.1. The lowest BCUT2D eigenvalue weighted by Gasteiger charge is -2.30. The van der Waals surface area contributed by atoms with Gasteiger partial charge in [0.05, 0.1) is 18.2 Å². The third kappa shape index (κ3) is 9.89. The molecule has 0 unspecified atom stereocenters. The van der Waals surface area contributed by atoms with E-state index < -0.39 is 36.2 Å². The average molecular weight is 440 g/mol. The van der Waals surface area contributed by atoms with E-state index in [4.69, 9.17) is 18.9 Å². The van der Waals surface area contributed by atoms with E-state index in [1.807, 2.05) is 36.6 Å². The summed E-state index contributed by atoms with van der Waals surface area (Å²) in [4.78, 5) is 38.7. The van der Waals surface area contributed by atoms with Crippen molar-refractivity contribution in [2.24, 2.45) is 4.99 Å². The molecule has 1 aromatic rings. The maximum Gasteiger partial charge on any atom is 0.303 e. The van der Waals surface area contributed by atoms with Crippen LogP contribution in [0.5, 0.6) is 0 Å². The van der Waals surface area contributed by atoms with Gasteiger partial charge in [-0.2, -0.15) is 0 Å². The molecule has 30 heavy (non-hydrogen) atoms. The molecule has 0 radical (unpaired) electrons. The first kappa shape index (κ1) is 25.6. The van der Waals surface area contributed by atoms with E-state index in [0.29, 0.717) is 6.54 Å². The first-order valence-electron chi connectivity index (χ1n) is 9.47. The van der Waals surface area contributed by atoms with E-state index in [-0.39, 0.29) is 13.2 Å². The molecule has 8 nitrogen and oxygen atoms in total. The fourth-order valence-electron chi connectivity index (χ4n) is 2.64. The van der Waals surface area contributed by atoms with E-state index in [0.717, 1.165) is 10.6 Å². The number of esters is 3. The van der Waals surface area contributed by atoms with Crippen LogP contribution in [0.15, 0.2) is 35.3 Å². The lowest BCUT2D eigenvalue weighted by molar-refractivity contribution is -0.182. The molecule has 0 bridgehead atoms. The molecule has 0 saturated carbocycles. The second-order valence-corrected chi connectivity index (χ2v) is 7.15. The number of carbonyl (C=O) groups excluding carboxylic acids is 3. The molecule has 1 rings (SSSR count). The van der Waals surface area contributed by atoms with E-state index >= 15 is 0 Å². The number of aliphatic imine (C=N–C) groups is 1. The van der Waals surface area contributed by atoms with E-state index in [1.54, 1.807) is 6.92 Å². The number of hydrogen-bond acceptors (Lipinski definition) is 9. The van der Waals surface area contributed by atoms with Crippen LogP contribution >= 0.6 is 11.8 Å². The fourth-order valence-corrected chi connectivity index (χ4v) is 3.23. The number of carbonyl (C=O) groups is 3. The first-order chi connectivity index (χ1) is 14.2. The highest BCUT2D eigenvalue weighted by atomic mass is 32.2. The summed E-state index contributed by atoms with van der Waals surface area (Å²) in [5, 5.41) is 0.862. The molecule has 0 heterocycles. The van der Waals surface area contributed by atoms with Crippen LogP contribution in [-0.4, -0.2) is 67.3 Å². The Morgan fingerprint density at radius 3 is 2.17 bits per heavy atom. The zero-order valence-electron chi connectivity index (χ0n) is 18.0. The molecule has 0 amide bonds. The van der Waals surface area contributed by atoms with Gasteiger partial charge in [0, 0.05) is 26.3 Å². The topological polar surface area (TPSA) is 100 Å². The van der Waals surface area contributed by atoms with Crippen molar-refractivity contribution in [3.63, 3.8) is 0 Å². The Morgan fingerprint density at radius 2 is 1.63 bits per heavy atom. The number of rotatable bonds is 11. The molecule has 0 aliphatic carbocycles. The summed E-state index contributed by atoms with van der Waals surface area (Å²) in [6.07, 6.45) is -0.615. The van der Waals surface area contributed by atoms with Gasteiger partial charge in [0.15, 0.2) is 6.10 Å². The van der Waals surface area contributed by atoms with E-state index in [2.05, 4.69) is 4.99 Å². The van der Waals surface area contributed by atoms with Crippen LogP contribution in [0.4, 0.5) is 0 Å². The minimum absolute atomic E-state index is 0.156. The van der Waals surface area contributed by atoms with Crippen LogP contribution in [0.2, 0.25) is 0 Å². The molecule has 0 spiro atoms. The molecule has 0 N–H and O–H groups in total. The third-order valence-electron chi connectivity index (χ3n) is 3.83. The minimum atomic E-state index is -0.941. The third-order valence-corrected chi connectivity index (χ3v) is 4.58. The summed E-state index contributed by atoms with van der Waals surface area (Å²) in [6.45, 7) is 5.72. The van der Waals surface area contributed by atoms with Crippen molar-refractivity contribution in [2.75, 3.05) is 26.0 Å². The Hall–Kier alpha value is -2.39. The maximum atomic E-state index is 11.6. The van der Waals surface area contributed by atoms with Gasteiger partial charge in [-0.25, -0.2) is 0 Å². The van der Waals surface area contributed by atoms with Crippen LogP contribution in [0, 0.1) is 0 Å². The van der Waals surface area contributed by atoms with Gasteiger partial charge in [0.2, 0.25) is 0 Å². The number of benzene rings is 1. The number of hydrogen-bond donors (Lipinski definition) is 0. The van der Waals surface area contributed by atoms with Gasteiger partial charge < -0.3 is 18.9 Å². The molecule has 0 aliphatic rings. The number of thioether (sulfide) groups is 1. The highest BCUT2D eigenvalue weighted by Gasteiger charge is 2.33. The summed E-state index contributed by atoms with van der Waals surface area (Å²) in [5.41, 5.74) is 1.00. The van der Waals surface area contributed by atoms with Gasteiger partial charge in [-0.05, 0) is 13.2 Å². The summed E-state index contributed by atoms with van der Waals surface area (Å²) in [5.74, 6) is -1.60. The van der Waals surface area contributed by atoms with E-state index in [9.17, 15) is 14.4 Å².